The summed E-state index contributed by atoms with van der Waals surface area (Å²) in [6.45, 7) is 0.566. The number of hydrogen-bond donors (Lipinski definition) is 1. The van der Waals surface area contributed by atoms with Crippen LogP contribution in [0.3, 0.4) is 0 Å². The highest BCUT2D eigenvalue weighted by molar-refractivity contribution is 5.80. The Bertz CT molecular complexity index is 858. The van der Waals surface area contributed by atoms with Crippen LogP contribution in [0.1, 0.15) is 36.4 Å². The topological polar surface area (TPSA) is 55.1 Å². The molecule has 0 saturated heterocycles. The number of nitrogens with one attached hydrogen (secondary N) is 1. The smallest absolute Gasteiger partial charge is 0.224 e. The first-order valence-electron chi connectivity index (χ1n) is 9.15. The normalized spacial score (nSPS) is 19.4. The standard InChI is InChI=1S/C22H22N2O2/c25-22(23-15-16-8-3-1-4-9-16)19-13-7-12-18(19)20-14-21(26-24-20)17-10-5-2-6-11-17/h1-6,8-11,14,18-19H,7,12-13,15H2,(H,23,25)/t18-,19-/m1/s1. The molecule has 2 aromatic carbocycles. The number of aromatic nitrogens is 1. The van der Waals surface area contributed by atoms with Crippen LogP contribution in [-0.4, -0.2) is 11.1 Å². The molecule has 1 amide bonds. The minimum Gasteiger partial charge on any atom is -0.356 e. The van der Waals surface area contributed by atoms with E-state index >= 15 is 0 Å². The molecule has 0 spiro atoms. The van der Waals surface area contributed by atoms with Crippen molar-refractivity contribution in [2.24, 2.45) is 5.92 Å². The first kappa shape index (κ1) is 16.6. The molecule has 1 aromatic heterocycles. The van der Waals surface area contributed by atoms with Crippen molar-refractivity contribution in [3.63, 3.8) is 0 Å². The number of benzene rings is 2. The van der Waals surface area contributed by atoms with E-state index in [1.54, 1.807) is 0 Å². The average Bonchev–Trinajstić information content (AvgIpc) is 3.37. The largest absolute Gasteiger partial charge is 0.356 e. The highest BCUT2D eigenvalue weighted by atomic mass is 16.5. The van der Waals surface area contributed by atoms with Crippen LogP contribution in [-0.2, 0) is 11.3 Å². The molecule has 4 nitrogen and oxygen atoms in total. The molecule has 0 aliphatic heterocycles. The Morgan fingerprint density at radius 2 is 1.77 bits per heavy atom. The van der Waals surface area contributed by atoms with Crippen molar-refractivity contribution in [2.75, 3.05) is 0 Å². The minimum atomic E-state index is -0.0348. The summed E-state index contributed by atoms with van der Waals surface area (Å²) in [5.41, 5.74) is 3.01. The SMILES string of the molecule is O=C(NCc1ccccc1)[C@@H]1CCC[C@H]1c1cc(-c2ccccc2)on1. The lowest BCUT2D eigenvalue weighted by Gasteiger charge is -2.17. The van der Waals surface area contributed by atoms with Crippen molar-refractivity contribution < 1.29 is 9.32 Å². The van der Waals surface area contributed by atoms with Gasteiger partial charge in [-0.3, -0.25) is 4.79 Å². The maximum Gasteiger partial charge on any atom is 0.224 e. The van der Waals surface area contributed by atoms with Gasteiger partial charge in [-0.05, 0) is 18.4 Å². The first-order chi connectivity index (χ1) is 12.8. The lowest BCUT2D eigenvalue weighted by Crippen LogP contribution is -2.31. The number of hydrogen-bond acceptors (Lipinski definition) is 3. The van der Waals surface area contributed by atoms with Crippen LogP contribution in [0.5, 0.6) is 0 Å². The molecule has 1 saturated carbocycles. The molecular weight excluding hydrogens is 324 g/mol. The van der Waals surface area contributed by atoms with Gasteiger partial charge in [0.1, 0.15) is 0 Å². The first-order valence-corrected chi connectivity index (χ1v) is 9.15. The quantitative estimate of drug-likeness (QED) is 0.738. The molecule has 0 radical (unpaired) electrons. The van der Waals surface area contributed by atoms with Crippen molar-refractivity contribution in [3.8, 4) is 11.3 Å². The second kappa shape index (κ2) is 7.56. The van der Waals surface area contributed by atoms with E-state index in [-0.39, 0.29) is 17.7 Å². The highest BCUT2D eigenvalue weighted by Gasteiger charge is 2.35. The lowest BCUT2D eigenvalue weighted by atomic mass is 9.91. The van der Waals surface area contributed by atoms with Crippen molar-refractivity contribution in [1.29, 1.82) is 0 Å². The van der Waals surface area contributed by atoms with Crippen molar-refractivity contribution in [2.45, 2.75) is 31.7 Å². The van der Waals surface area contributed by atoms with Gasteiger partial charge in [0.05, 0.1) is 5.69 Å². The van der Waals surface area contributed by atoms with E-state index in [2.05, 4.69) is 10.5 Å². The molecule has 0 unspecified atom stereocenters. The molecular formula is C22H22N2O2. The molecule has 1 aliphatic carbocycles. The number of carbonyl (C=O) groups is 1. The fourth-order valence-corrected chi connectivity index (χ4v) is 3.75. The van der Waals surface area contributed by atoms with Gasteiger partial charge < -0.3 is 9.84 Å². The second-order valence-electron chi connectivity index (χ2n) is 6.83. The molecule has 26 heavy (non-hydrogen) atoms. The fourth-order valence-electron chi connectivity index (χ4n) is 3.75. The molecule has 4 rings (SSSR count). The predicted octanol–water partition coefficient (Wildman–Crippen LogP) is 4.54. The lowest BCUT2D eigenvalue weighted by molar-refractivity contribution is -0.125. The molecule has 4 heteroatoms. The van der Waals surface area contributed by atoms with E-state index in [9.17, 15) is 4.79 Å². The Hall–Kier alpha value is -2.88. The van der Waals surface area contributed by atoms with E-state index in [4.69, 9.17) is 4.52 Å². The van der Waals surface area contributed by atoms with Crippen LogP contribution in [0.15, 0.2) is 71.3 Å². The number of carbonyl (C=O) groups excluding carboxylic acids is 1. The maximum atomic E-state index is 12.7. The zero-order valence-corrected chi connectivity index (χ0v) is 14.6. The van der Waals surface area contributed by atoms with Crippen molar-refractivity contribution >= 4 is 5.91 Å². The number of nitrogens with zero attached hydrogens (tertiary/aromatic N) is 1. The van der Waals surface area contributed by atoms with E-state index in [1.165, 1.54) is 0 Å². The summed E-state index contributed by atoms with van der Waals surface area (Å²) in [6.07, 6.45) is 2.92. The van der Waals surface area contributed by atoms with Gasteiger partial charge in [-0.1, -0.05) is 72.2 Å². The van der Waals surface area contributed by atoms with Crippen LogP contribution in [0, 0.1) is 5.92 Å². The Labute approximate surface area is 153 Å². The van der Waals surface area contributed by atoms with Gasteiger partial charge in [-0.15, -0.1) is 0 Å². The van der Waals surface area contributed by atoms with Crippen molar-refractivity contribution in [1.82, 2.24) is 10.5 Å². The third kappa shape index (κ3) is 3.54. The molecule has 1 aliphatic rings. The monoisotopic (exact) mass is 346 g/mol. The van der Waals surface area contributed by atoms with E-state index < -0.39 is 0 Å². The third-order valence-electron chi connectivity index (χ3n) is 5.13. The molecule has 2 atom stereocenters. The van der Waals surface area contributed by atoms with Gasteiger partial charge in [0.15, 0.2) is 5.76 Å². The Morgan fingerprint density at radius 3 is 2.54 bits per heavy atom. The molecule has 0 bridgehead atoms. The van der Waals surface area contributed by atoms with Gasteiger partial charge in [0.25, 0.3) is 0 Å². The highest BCUT2D eigenvalue weighted by Crippen LogP contribution is 2.40. The molecule has 1 fully saturated rings. The van der Waals surface area contributed by atoms with Gasteiger partial charge in [0.2, 0.25) is 5.91 Å². The molecule has 3 aromatic rings. The van der Waals surface area contributed by atoms with Crippen LogP contribution in [0.4, 0.5) is 0 Å². The van der Waals surface area contributed by atoms with E-state index in [0.717, 1.165) is 41.8 Å². The third-order valence-corrected chi connectivity index (χ3v) is 5.13. The van der Waals surface area contributed by atoms with Gasteiger partial charge in [0, 0.05) is 30.0 Å². The van der Waals surface area contributed by atoms with Gasteiger partial charge in [-0.25, -0.2) is 0 Å². The summed E-state index contributed by atoms with van der Waals surface area (Å²) >= 11 is 0. The fraction of sp³-hybridized carbons (Fsp3) is 0.273. The van der Waals surface area contributed by atoms with Crippen LogP contribution < -0.4 is 5.32 Å². The average molecular weight is 346 g/mol. The van der Waals surface area contributed by atoms with Gasteiger partial charge in [-0.2, -0.15) is 0 Å². The molecule has 132 valence electrons. The summed E-state index contributed by atoms with van der Waals surface area (Å²) in [7, 11) is 0. The number of rotatable bonds is 5. The zero-order valence-electron chi connectivity index (χ0n) is 14.6. The zero-order chi connectivity index (χ0) is 17.8. The van der Waals surface area contributed by atoms with Crippen LogP contribution in [0.25, 0.3) is 11.3 Å². The Kier molecular flexibility index (Phi) is 4.82. The van der Waals surface area contributed by atoms with E-state index in [1.807, 2.05) is 66.7 Å². The molecule has 1 heterocycles. The maximum absolute atomic E-state index is 12.7. The summed E-state index contributed by atoms with van der Waals surface area (Å²) in [6, 6.07) is 21.9. The van der Waals surface area contributed by atoms with Crippen molar-refractivity contribution in [3.05, 3.63) is 78.0 Å². The van der Waals surface area contributed by atoms with E-state index in [0.29, 0.717) is 6.54 Å². The number of amides is 1. The second-order valence-corrected chi connectivity index (χ2v) is 6.83. The Balaban J connectivity index is 1.45. The summed E-state index contributed by atoms with van der Waals surface area (Å²) in [5.74, 6) is 0.968. The minimum absolute atomic E-state index is 0.0348. The summed E-state index contributed by atoms with van der Waals surface area (Å²) in [4.78, 5) is 12.7. The van der Waals surface area contributed by atoms with Crippen LogP contribution >= 0.6 is 0 Å². The Morgan fingerprint density at radius 1 is 1.04 bits per heavy atom. The predicted molar refractivity (Wildman–Crippen MR) is 100 cm³/mol. The van der Waals surface area contributed by atoms with Crippen LogP contribution in [0.2, 0.25) is 0 Å². The summed E-state index contributed by atoms with van der Waals surface area (Å²) in [5, 5.41) is 7.35. The van der Waals surface area contributed by atoms with Gasteiger partial charge >= 0.3 is 0 Å². The molecule has 1 N–H and O–H groups in total. The summed E-state index contributed by atoms with van der Waals surface area (Å²) < 4.78 is 5.54.